The van der Waals surface area contributed by atoms with E-state index in [0.29, 0.717) is 33.0 Å². The van der Waals surface area contributed by atoms with Crippen molar-refractivity contribution >= 4 is 34.1 Å². The largest absolute Gasteiger partial charge is 0.494 e. The van der Waals surface area contributed by atoms with Crippen LogP contribution in [-0.4, -0.2) is 44.0 Å². The van der Waals surface area contributed by atoms with Crippen LogP contribution >= 0.6 is 23.1 Å². The summed E-state index contributed by atoms with van der Waals surface area (Å²) in [5.74, 6) is -1.57. The lowest BCUT2D eigenvalue weighted by Gasteiger charge is -2.08. The fourth-order valence-corrected chi connectivity index (χ4v) is 4.05. The minimum absolute atomic E-state index is 0.0373. The quantitative estimate of drug-likeness (QED) is 0.419. The van der Waals surface area contributed by atoms with Crippen molar-refractivity contribution in [2.45, 2.75) is 5.16 Å². The van der Waals surface area contributed by atoms with Gasteiger partial charge >= 0.3 is 0 Å². The number of rotatable bonds is 7. The first-order valence-corrected chi connectivity index (χ1v) is 10.7. The SMILES string of the molecule is COc1ccccc1-n1nnnc1SCC(=O)Nc1nc(-c2ccc(F)c(F)c2)cs1. The van der Waals surface area contributed by atoms with E-state index in [0.717, 1.165) is 23.9 Å². The number of tetrazole rings is 1. The summed E-state index contributed by atoms with van der Waals surface area (Å²) < 4.78 is 33.3. The van der Waals surface area contributed by atoms with Crippen molar-refractivity contribution in [3.05, 3.63) is 59.5 Å². The minimum atomic E-state index is -0.958. The Labute approximate surface area is 183 Å². The highest BCUT2D eigenvalue weighted by molar-refractivity contribution is 7.99. The molecular weight excluding hydrogens is 446 g/mol. The number of ether oxygens (including phenoxy) is 1. The Morgan fingerprint density at radius 2 is 2.06 bits per heavy atom. The zero-order chi connectivity index (χ0) is 21.8. The van der Waals surface area contributed by atoms with E-state index >= 15 is 0 Å². The van der Waals surface area contributed by atoms with Crippen LogP contribution in [0.3, 0.4) is 0 Å². The van der Waals surface area contributed by atoms with Crippen molar-refractivity contribution in [2.24, 2.45) is 0 Å². The van der Waals surface area contributed by atoms with Crippen molar-refractivity contribution in [1.82, 2.24) is 25.2 Å². The summed E-state index contributed by atoms with van der Waals surface area (Å²) in [6.07, 6.45) is 0. The minimum Gasteiger partial charge on any atom is -0.494 e. The second-order valence-corrected chi connectivity index (χ2v) is 7.85. The number of methoxy groups -OCH3 is 1. The maximum Gasteiger partial charge on any atom is 0.236 e. The van der Waals surface area contributed by atoms with Gasteiger partial charge in [0, 0.05) is 10.9 Å². The lowest BCUT2D eigenvalue weighted by Crippen LogP contribution is -2.14. The molecule has 0 aliphatic rings. The number of thioether (sulfide) groups is 1. The van der Waals surface area contributed by atoms with Crippen LogP contribution < -0.4 is 10.1 Å². The third-order valence-electron chi connectivity index (χ3n) is 4.05. The molecule has 2 aromatic carbocycles. The molecular formula is C19H14F2N6O2S2. The van der Waals surface area contributed by atoms with E-state index in [-0.39, 0.29) is 11.7 Å². The van der Waals surface area contributed by atoms with E-state index in [1.165, 1.54) is 22.1 Å². The summed E-state index contributed by atoms with van der Waals surface area (Å²) in [5.41, 5.74) is 1.50. The van der Waals surface area contributed by atoms with Gasteiger partial charge in [-0.15, -0.1) is 16.4 Å². The Morgan fingerprint density at radius 3 is 2.87 bits per heavy atom. The number of para-hydroxylation sites is 2. The zero-order valence-electron chi connectivity index (χ0n) is 16.0. The summed E-state index contributed by atoms with van der Waals surface area (Å²) in [4.78, 5) is 16.6. The van der Waals surface area contributed by atoms with Gasteiger partial charge in [-0.1, -0.05) is 23.9 Å². The van der Waals surface area contributed by atoms with Crippen LogP contribution in [0.2, 0.25) is 0 Å². The average Bonchev–Trinajstić information content (AvgIpc) is 3.43. The summed E-state index contributed by atoms with van der Waals surface area (Å²) in [6.45, 7) is 0. The van der Waals surface area contributed by atoms with E-state index in [2.05, 4.69) is 25.8 Å². The number of carbonyl (C=O) groups is 1. The Balaban J connectivity index is 1.40. The maximum absolute atomic E-state index is 13.4. The fourth-order valence-electron chi connectivity index (χ4n) is 2.63. The molecule has 4 rings (SSSR count). The Hall–Kier alpha value is -3.38. The normalized spacial score (nSPS) is 10.8. The van der Waals surface area contributed by atoms with Gasteiger partial charge in [0.1, 0.15) is 11.4 Å². The van der Waals surface area contributed by atoms with Crippen LogP contribution in [0.1, 0.15) is 0 Å². The molecule has 1 N–H and O–H groups in total. The number of halogens is 2. The Morgan fingerprint density at radius 1 is 1.23 bits per heavy atom. The number of thiazole rings is 1. The van der Waals surface area contributed by atoms with Gasteiger partial charge in [-0.3, -0.25) is 4.79 Å². The molecule has 8 nitrogen and oxygen atoms in total. The van der Waals surface area contributed by atoms with Crippen LogP contribution in [0.15, 0.2) is 53.0 Å². The molecule has 0 saturated carbocycles. The van der Waals surface area contributed by atoms with Crippen molar-refractivity contribution < 1.29 is 18.3 Å². The second kappa shape index (κ2) is 9.18. The summed E-state index contributed by atoms with van der Waals surface area (Å²) in [6, 6.07) is 10.8. The van der Waals surface area contributed by atoms with Crippen LogP contribution in [-0.2, 0) is 4.79 Å². The third-order valence-corrected chi connectivity index (χ3v) is 5.73. The molecule has 2 heterocycles. The standard InChI is InChI=1S/C19H14F2N6O2S2/c1-29-16-5-3-2-4-15(16)27-19(24-25-26-27)31-10-17(28)23-18-22-14(9-30-18)11-6-7-12(20)13(21)8-11/h2-9H,10H2,1H3,(H,22,23,28). The van der Waals surface area contributed by atoms with Gasteiger partial charge in [0.15, 0.2) is 16.8 Å². The molecule has 0 aliphatic carbocycles. The van der Waals surface area contributed by atoms with E-state index in [1.54, 1.807) is 24.6 Å². The fraction of sp³-hybridized carbons (Fsp3) is 0.105. The lowest BCUT2D eigenvalue weighted by atomic mass is 10.2. The number of nitrogens with one attached hydrogen (secondary N) is 1. The molecule has 4 aromatic rings. The zero-order valence-corrected chi connectivity index (χ0v) is 17.6. The molecule has 0 aliphatic heterocycles. The molecule has 31 heavy (non-hydrogen) atoms. The predicted octanol–water partition coefficient (Wildman–Crippen LogP) is 3.80. The average molecular weight is 460 g/mol. The van der Waals surface area contributed by atoms with Crippen molar-refractivity contribution in [3.63, 3.8) is 0 Å². The van der Waals surface area contributed by atoms with E-state index in [4.69, 9.17) is 4.74 Å². The first kappa shape index (κ1) is 20.9. The van der Waals surface area contributed by atoms with Gasteiger partial charge in [0.25, 0.3) is 0 Å². The van der Waals surface area contributed by atoms with E-state index in [9.17, 15) is 13.6 Å². The highest BCUT2D eigenvalue weighted by atomic mass is 32.2. The number of hydrogen-bond acceptors (Lipinski definition) is 8. The van der Waals surface area contributed by atoms with Crippen LogP contribution in [0, 0.1) is 11.6 Å². The molecule has 1 amide bonds. The van der Waals surface area contributed by atoms with E-state index in [1.807, 2.05) is 12.1 Å². The number of benzene rings is 2. The third kappa shape index (κ3) is 4.70. The van der Waals surface area contributed by atoms with Crippen molar-refractivity contribution in [2.75, 3.05) is 18.2 Å². The molecule has 12 heteroatoms. The Bertz CT molecular complexity index is 1230. The highest BCUT2D eigenvalue weighted by Crippen LogP contribution is 2.27. The molecule has 158 valence electrons. The number of nitrogens with zero attached hydrogens (tertiary/aromatic N) is 5. The number of anilines is 1. The second-order valence-electron chi connectivity index (χ2n) is 6.05. The topological polar surface area (TPSA) is 94.8 Å². The van der Waals surface area contributed by atoms with Crippen molar-refractivity contribution in [3.8, 4) is 22.7 Å². The van der Waals surface area contributed by atoms with Gasteiger partial charge in [-0.2, -0.15) is 4.68 Å². The lowest BCUT2D eigenvalue weighted by molar-refractivity contribution is -0.113. The van der Waals surface area contributed by atoms with Gasteiger partial charge in [-0.05, 0) is 40.8 Å². The van der Waals surface area contributed by atoms with Crippen LogP contribution in [0.4, 0.5) is 13.9 Å². The first-order valence-electron chi connectivity index (χ1n) is 8.80. The maximum atomic E-state index is 13.4. The van der Waals surface area contributed by atoms with Gasteiger partial charge in [0.2, 0.25) is 11.1 Å². The number of carbonyl (C=O) groups excluding carboxylic acids is 1. The van der Waals surface area contributed by atoms with Gasteiger partial charge < -0.3 is 10.1 Å². The molecule has 0 unspecified atom stereocenters. The molecule has 2 aromatic heterocycles. The number of amides is 1. The smallest absolute Gasteiger partial charge is 0.236 e. The molecule has 0 radical (unpaired) electrons. The van der Waals surface area contributed by atoms with Gasteiger partial charge in [0.05, 0.1) is 18.6 Å². The predicted molar refractivity (Wildman–Crippen MR) is 113 cm³/mol. The monoisotopic (exact) mass is 460 g/mol. The molecule has 0 bridgehead atoms. The molecule has 0 saturated heterocycles. The Kier molecular flexibility index (Phi) is 6.18. The van der Waals surface area contributed by atoms with Gasteiger partial charge in [-0.25, -0.2) is 13.8 Å². The van der Waals surface area contributed by atoms with Crippen molar-refractivity contribution in [1.29, 1.82) is 0 Å². The number of aromatic nitrogens is 5. The molecule has 0 spiro atoms. The summed E-state index contributed by atoms with van der Waals surface area (Å²) in [7, 11) is 1.55. The number of hydrogen-bond donors (Lipinski definition) is 1. The van der Waals surface area contributed by atoms with E-state index < -0.39 is 11.6 Å². The summed E-state index contributed by atoms with van der Waals surface area (Å²) >= 11 is 2.33. The molecule has 0 fully saturated rings. The molecule has 0 atom stereocenters. The first-order chi connectivity index (χ1) is 15.0. The van der Waals surface area contributed by atoms with Crippen LogP contribution in [0.25, 0.3) is 16.9 Å². The van der Waals surface area contributed by atoms with Crippen LogP contribution in [0.5, 0.6) is 5.75 Å². The summed E-state index contributed by atoms with van der Waals surface area (Å²) in [5, 5.41) is 16.7. The highest BCUT2D eigenvalue weighted by Gasteiger charge is 2.15.